The third-order valence-corrected chi connectivity index (χ3v) is 7.99. The SMILES string of the molecule is N#Cc1ccccc1S(=O)(=O)N1CCN(C(=O)CN2CCCc3cc(Cl)ccc32)CC1. The molecule has 1 saturated heterocycles. The van der Waals surface area contributed by atoms with Gasteiger partial charge in [0.15, 0.2) is 0 Å². The second kappa shape index (κ2) is 8.87. The van der Waals surface area contributed by atoms with E-state index < -0.39 is 10.0 Å². The summed E-state index contributed by atoms with van der Waals surface area (Å²) in [6.07, 6.45) is 1.91. The van der Waals surface area contributed by atoms with E-state index in [-0.39, 0.29) is 36.0 Å². The van der Waals surface area contributed by atoms with Gasteiger partial charge in [0.25, 0.3) is 0 Å². The molecule has 31 heavy (non-hydrogen) atoms. The molecule has 1 fully saturated rings. The molecule has 0 aliphatic carbocycles. The summed E-state index contributed by atoms with van der Waals surface area (Å²) in [5.74, 6) is -0.0164. The number of nitrogens with zero attached hydrogens (tertiary/aromatic N) is 4. The highest BCUT2D eigenvalue weighted by atomic mass is 35.5. The predicted molar refractivity (Wildman–Crippen MR) is 118 cm³/mol. The Labute approximate surface area is 187 Å². The van der Waals surface area contributed by atoms with E-state index in [2.05, 4.69) is 4.90 Å². The summed E-state index contributed by atoms with van der Waals surface area (Å²) >= 11 is 6.10. The zero-order valence-electron chi connectivity index (χ0n) is 17.0. The van der Waals surface area contributed by atoms with Crippen LogP contribution in [0.25, 0.3) is 0 Å². The normalized spacial score (nSPS) is 17.2. The van der Waals surface area contributed by atoms with Crippen LogP contribution >= 0.6 is 11.6 Å². The number of carbonyl (C=O) groups is 1. The fraction of sp³-hybridized carbons (Fsp3) is 0.364. The molecular weight excluding hydrogens is 436 g/mol. The Morgan fingerprint density at radius 3 is 2.55 bits per heavy atom. The number of benzene rings is 2. The first-order valence-electron chi connectivity index (χ1n) is 10.2. The summed E-state index contributed by atoms with van der Waals surface area (Å²) in [6, 6.07) is 13.9. The fourth-order valence-corrected chi connectivity index (χ4v) is 5.93. The van der Waals surface area contributed by atoms with E-state index in [4.69, 9.17) is 11.6 Å². The molecule has 9 heteroatoms. The lowest BCUT2D eigenvalue weighted by Crippen LogP contribution is -2.53. The molecule has 2 aromatic rings. The molecule has 0 aromatic heterocycles. The Hall–Kier alpha value is -2.60. The molecule has 0 unspecified atom stereocenters. The Kier molecular flexibility index (Phi) is 6.19. The second-order valence-corrected chi connectivity index (χ2v) is 10.0. The number of sulfonamides is 1. The smallest absolute Gasteiger partial charge is 0.244 e. The van der Waals surface area contributed by atoms with E-state index in [1.807, 2.05) is 24.3 Å². The van der Waals surface area contributed by atoms with E-state index >= 15 is 0 Å². The first-order valence-corrected chi connectivity index (χ1v) is 12.0. The van der Waals surface area contributed by atoms with Crippen LogP contribution in [-0.2, 0) is 21.2 Å². The van der Waals surface area contributed by atoms with Gasteiger partial charge in [0.1, 0.15) is 6.07 Å². The zero-order valence-corrected chi connectivity index (χ0v) is 18.6. The highest BCUT2D eigenvalue weighted by molar-refractivity contribution is 7.89. The van der Waals surface area contributed by atoms with Gasteiger partial charge in [-0.05, 0) is 48.7 Å². The van der Waals surface area contributed by atoms with Crippen molar-refractivity contribution >= 4 is 33.2 Å². The maximum atomic E-state index is 13.0. The van der Waals surface area contributed by atoms with Crippen molar-refractivity contribution in [2.75, 3.05) is 44.2 Å². The zero-order chi connectivity index (χ0) is 22.0. The summed E-state index contributed by atoms with van der Waals surface area (Å²) in [4.78, 5) is 16.7. The summed E-state index contributed by atoms with van der Waals surface area (Å²) in [5.41, 5.74) is 2.32. The Balaban J connectivity index is 1.41. The van der Waals surface area contributed by atoms with Crippen LogP contribution in [0.4, 0.5) is 5.69 Å². The van der Waals surface area contributed by atoms with Crippen molar-refractivity contribution in [3.63, 3.8) is 0 Å². The minimum absolute atomic E-state index is 0.0147. The molecule has 0 radical (unpaired) electrons. The molecular formula is C22H23ClN4O3S. The molecule has 1 amide bonds. The number of halogens is 1. The van der Waals surface area contributed by atoms with Gasteiger partial charge in [0.05, 0.1) is 17.0 Å². The summed E-state index contributed by atoms with van der Waals surface area (Å²) in [5, 5.41) is 9.93. The van der Waals surface area contributed by atoms with E-state index in [0.717, 1.165) is 30.6 Å². The molecule has 0 atom stereocenters. The largest absolute Gasteiger partial charge is 0.362 e. The van der Waals surface area contributed by atoms with E-state index in [1.54, 1.807) is 17.0 Å². The van der Waals surface area contributed by atoms with Crippen LogP contribution in [0.2, 0.25) is 5.02 Å². The minimum Gasteiger partial charge on any atom is -0.362 e. The lowest BCUT2D eigenvalue weighted by Gasteiger charge is -2.37. The van der Waals surface area contributed by atoms with Crippen molar-refractivity contribution in [3.8, 4) is 6.07 Å². The van der Waals surface area contributed by atoms with Gasteiger partial charge in [-0.15, -0.1) is 0 Å². The van der Waals surface area contributed by atoms with E-state index in [1.165, 1.54) is 16.4 Å². The fourth-order valence-electron chi connectivity index (χ4n) is 4.17. The van der Waals surface area contributed by atoms with Gasteiger partial charge >= 0.3 is 0 Å². The second-order valence-electron chi connectivity index (χ2n) is 7.69. The van der Waals surface area contributed by atoms with Crippen molar-refractivity contribution in [3.05, 3.63) is 58.6 Å². The first kappa shape index (κ1) is 21.6. The van der Waals surface area contributed by atoms with Crippen LogP contribution in [0.15, 0.2) is 47.4 Å². The Bertz CT molecular complexity index is 1140. The number of nitriles is 1. The van der Waals surface area contributed by atoms with E-state index in [0.29, 0.717) is 18.1 Å². The number of hydrogen-bond acceptors (Lipinski definition) is 5. The first-order chi connectivity index (χ1) is 14.9. The number of amides is 1. The summed E-state index contributed by atoms with van der Waals surface area (Å²) < 4.78 is 27.3. The molecule has 0 bridgehead atoms. The van der Waals surface area contributed by atoms with E-state index in [9.17, 15) is 18.5 Å². The molecule has 2 aromatic carbocycles. The maximum Gasteiger partial charge on any atom is 0.244 e. The molecule has 0 saturated carbocycles. The summed E-state index contributed by atoms with van der Waals surface area (Å²) in [7, 11) is -3.78. The highest BCUT2D eigenvalue weighted by Gasteiger charge is 2.32. The monoisotopic (exact) mass is 458 g/mol. The molecule has 162 valence electrons. The van der Waals surface area contributed by atoms with Gasteiger partial charge in [-0.1, -0.05) is 23.7 Å². The number of piperazine rings is 1. The molecule has 7 nitrogen and oxygen atoms in total. The number of aryl methyl sites for hydroxylation is 1. The van der Waals surface area contributed by atoms with Crippen LogP contribution in [0.5, 0.6) is 0 Å². The summed E-state index contributed by atoms with van der Waals surface area (Å²) in [6.45, 7) is 2.14. The number of hydrogen-bond donors (Lipinski definition) is 0. The Morgan fingerprint density at radius 1 is 1.06 bits per heavy atom. The molecule has 0 N–H and O–H groups in total. The number of rotatable bonds is 4. The van der Waals surface area contributed by atoms with Crippen molar-refractivity contribution in [1.29, 1.82) is 5.26 Å². The molecule has 0 spiro atoms. The van der Waals surface area contributed by atoms with Crippen molar-refractivity contribution in [2.24, 2.45) is 0 Å². The van der Waals surface area contributed by atoms with Crippen molar-refractivity contribution < 1.29 is 13.2 Å². The van der Waals surface area contributed by atoms with Gasteiger partial charge in [-0.25, -0.2) is 8.42 Å². The predicted octanol–water partition coefficient (Wildman–Crippen LogP) is 2.50. The number of fused-ring (bicyclic) bond motifs is 1. The van der Waals surface area contributed by atoms with Crippen molar-refractivity contribution in [2.45, 2.75) is 17.7 Å². The lowest BCUT2D eigenvalue weighted by molar-refractivity contribution is -0.130. The van der Waals surface area contributed by atoms with Gasteiger partial charge in [0, 0.05) is 43.4 Å². The van der Waals surface area contributed by atoms with Gasteiger partial charge < -0.3 is 9.80 Å². The average molecular weight is 459 g/mol. The number of carbonyl (C=O) groups excluding carboxylic acids is 1. The molecule has 2 aliphatic rings. The lowest BCUT2D eigenvalue weighted by atomic mass is 10.0. The van der Waals surface area contributed by atoms with Crippen LogP contribution in [0, 0.1) is 11.3 Å². The minimum atomic E-state index is -3.78. The number of anilines is 1. The van der Waals surface area contributed by atoms with Gasteiger partial charge in [-0.3, -0.25) is 4.79 Å². The molecule has 2 heterocycles. The molecule has 2 aliphatic heterocycles. The third kappa shape index (κ3) is 4.40. The average Bonchev–Trinajstić information content (AvgIpc) is 2.79. The maximum absolute atomic E-state index is 13.0. The van der Waals surface area contributed by atoms with Gasteiger partial charge in [0.2, 0.25) is 15.9 Å². The molecule has 4 rings (SSSR count). The van der Waals surface area contributed by atoms with Crippen LogP contribution in [-0.4, -0.2) is 62.8 Å². The van der Waals surface area contributed by atoms with Crippen LogP contribution in [0.3, 0.4) is 0 Å². The van der Waals surface area contributed by atoms with Gasteiger partial charge in [-0.2, -0.15) is 9.57 Å². The van der Waals surface area contributed by atoms with Crippen molar-refractivity contribution in [1.82, 2.24) is 9.21 Å². The van der Waals surface area contributed by atoms with Crippen LogP contribution in [0.1, 0.15) is 17.5 Å². The topological polar surface area (TPSA) is 84.7 Å². The quantitative estimate of drug-likeness (QED) is 0.702. The van der Waals surface area contributed by atoms with Crippen LogP contribution < -0.4 is 4.90 Å². The standard InChI is InChI=1S/C22H23ClN4O3S/c23-19-7-8-20-17(14-19)5-3-9-26(20)16-22(28)25-10-12-27(13-11-25)31(29,30)21-6-2-1-4-18(21)15-24/h1-2,4,6-8,14H,3,5,9-13,16H2. The Morgan fingerprint density at radius 2 is 1.81 bits per heavy atom. The third-order valence-electron chi connectivity index (χ3n) is 5.80. The highest BCUT2D eigenvalue weighted by Crippen LogP contribution is 2.29.